The molecule has 2 nitrogen and oxygen atoms in total. The van der Waals surface area contributed by atoms with E-state index in [0.717, 1.165) is 19.4 Å². The molecule has 0 fully saturated rings. The Balaban J connectivity index is 4.61. The van der Waals surface area contributed by atoms with E-state index in [9.17, 15) is 4.57 Å². The second-order valence-corrected chi connectivity index (χ2v) is 8.75. The van der Waals surface area contributed by atoms with Crippen LogP contribution in [0.3, 0.4) is 0 Å². The van der Waals surface area contributed by atoms with Crippen LogP contribution in [0.2, 0.25) is 0 Å². The highest BCUT2D eigenvalue weighted by Crippen LogP contribution is 2.52. The third kappa shape index (κ3) is 3.40. The monoisotopic (exact) mass is 220 g/mol. The molecule has 3 heteroatoms. The van der Waals surface area contributed by atoms with Crippen molar-refractivity contribution in [2.75, 3.05) is 19.4 Å². The Labute approximate surface area is 89.4 Å². The van der Waals surface area contributed by atoms with E-state index in [1.54, 1.807) is 0 Å². The van der Waals surface area contributed by atoms with Crippen molar-refractivity contribution < 1.29 is 9.46 Å². The average Bonchev–Trinajstić information content (AvgIpc) is 2.13. The third-order valence-corrected chi connectivity index (χ3v) is 7.66. The Morgan fingerprint density at radius 1 is 1.00 bits per heavy atom. The minimum atomic E-state index is -1.99. The first-order valence-corrected chi connectivity index (χ1v) is 7.83. The summed E-state index contributed by atoms with van der Waals surface area (Å²) in [5.74, 6) is 0. The zero-order valence-electron chi connectivity index (χ0n) is 10.6. The van der Waals surface area contributed by atoms with Crippen molar-refractivity contribution >= 4 is 7.14 Å². The van der Waals surface area contributed by atoms with Gasteiger partial charge >= 0.3 is 0 Å². The summed E-state index contributed by atoms with van der Waals surface area (Å²) >= 11 is 0. The predicted octanol–water partition coefficient (Wildman–Crippen LogP) is 2.05. The summed E-state index contributed by atoms with van der Waals surface area (Å²) in [6, 6.07) is 0. The number of hydrogen-bond acceptors (Lipinski definition) is 1. The van der Waals surface area contributed by atoms with Crippen LogP contribution in [0.15, 0.2) is 0 Å². The standard InChI is InChI=1S/C11H26NOP/c1-7-12(8-2)9-14(13,10(3)4)11(5)6/h10-11H,7-9H2,1-6H3/p+1. The lowest BCUT2D eigenvalue weighted by molar-refractivity contribution is -0.884. The van der Waals surface area contributed by atoms with Crippen LogP contribution in [-0.2, 0) is 4.57 Å². The zero-order chi connectivity index (χ0) is 11.4. The molecule has 0 rings (SSSR count). The van der Waals surface area contributed by atoms with Crippen molar-refractivity contribution in [2.24, 2.45) is 0 Å². The predicted molar refractivity (Wildman–Crippen MR) is 64.8 cm³/mol. The lowest BCUT2D eigenvalue weighted by Gasteiger charge is -2.29. The van der Waals surface area contributed by atoms with Crippen LogP contribution < -0.4 is 4.90 Å². The molecule has 0 aromatic carbocycles. The summed E-state index contributed by atoms with van der Waals surface area (Å²) in [6.45, 7) is 14.9. The SMILES string of the molecule is CC[NH+](CC)CP(=O)(C(C)C)C(C)C. The van der Waals surface area contributed by atoms with Crippen molar-refractivity contribution in [2.45, 2.75) is 52.9 Å². The molecule has 0 aromatic rings. The summed E-state index contributed by atoms with van der Waals surface area (Å²) < 4.78 is 12.7. The minimum Gasteiger partial charge on any atom is -0.329 e. The summed E-state index contributed by atoms with van der Waals surface area (Å²) in [5, 5.41) is 0. The molecule has 0 aliphatic carbocycles. The number of rotatable bonds is 6. The largest absolute Gasteiger partial charge is 0.329 e. The van der Waals surface area contributed by atoms with Gasteiger partial charge in [-0.25, -0.2) is 0 Å². The Hall–Kier alpha value is 0.190. The average molecular weight is 220 g/mol. The van der Waals surface area contributed by atoms with Gasteiger partial charge in [0.1, 0.15) is 13.4 Å². The molecule has 14 heavy (non-hydrogen) atoms. The van der Waals surface area contributed by atoms with E-state index in [2.05, 4.69) is 41.5 Å². The molecule has 0 aromatic heterocycles. The van der Waals surface area contributed by atoms with E-state index in [-0.39, 0.29) is 0 Å². The van der Waals surface area contributed by atoms with Crippen molar-refractivity contribution in [3.05, 3.63) is 0 Å². The Kier molecular flexibility index (Phi) is 6.00. The number of nitrogens with one attached hydrogen (secondary N) is 1. The fraction of sp³-hybridized carbons (Fsp3) is 1.00. The highest BCUT2D eigenvalue weighted by Gasteiger charge is 2.34. The van der Waals surface area contributed by atoms with Crippen molar-refractivity contribution in [3.8, 4) is 0 Å². The molecule has 0 saturated carbocycles. The second kappa shape index (κ2) is 5.92. The van der Waals surface area contributed by atoms with Gasteiger partial charge in [0.25, 0.3) is 0 Å². The lowest BCUT2D eigenvalue weighted by atomic mass is 10.5. The van der Waals surface area contributed by atoms with Gasteiger partial charge in [0.05, 0.1) is 13.1 Å². The van der Waals surface area contributed by atoms with Crippen LogP contribution in [0.4, 0.5) is 0 Å². The van der Waals surface area contributed by atoms with E-state index < -0.39 is 7.14 Å². The summed E-state index contributed by atoms with van der Waals surface area (Å²) in [4.78, 5) is 1.47. The molecule has 0 atom stereocenters. The highest BCUT2D eigenvalue weighted by atomic mass is 31.2. The quantitative estimate of drug-likeness (QED) is 0.680. The molecular formula is C11H27NOP+. The molecule has 0 heterocycles. The molecule has 0 bridgehead atoms. The molecular weight excluding hydrogens is 193 g/mol. The van der Waals surface area contributed by atoms with Crippen LogP contribution in [0, 0.1) is 0 Å². The topological polar surface area (TPSA) is 21.5 Å². The maximum Gasteiger partial charge on any atom is 0.144 e. The van der Waals surface area contributed by atoms with Crippen LogP contribution >= 0.6 is 7.14 Å². The van der Waals surface area contributed by atoms with Gasteiger partial charge < -0.3 is 9.46 Å². The Morgan fingerprint density at radius 2 is 1.36 bits per heavy atom. The fourth-order valence-corrected chi connectivity index (χ4v) is 4.85. The normalized spacial score (nSPS) is 13.2. The van der Waals surface area contributed by atoms with E-state index in [4.69, 9.17) is 0 Å². The van der Waals surface area contributed by atoms with E-state index in [0.29, 0.717) is 11.3 Å². The molecule has 0 amide bonds. The maximum absolute atomic E-state index is 12.7. The zero-order valence-corrected chi connectivity index (χ0v) is 11.5. The number of hydrogen-bond donors (Lipinski definition) is 1. The van der Waals surface area contributed by atoms with Crippen LogP contribution in [-0.4, -0.2) is 30.7 Å². The Morgan fingerprint density at radius 3 is 1.57 bits per heavy atom. The first-order valence-electron chi connectivity index (χ1n) is 5.80. The molecule has 0 saturated heterocycles. The summed E-state index contributed by atoms with van der Waals surface area (Å²) in [7, 11) is -1.99. The van der Waals surface area contributed by atoms with Gasteiger partial charge in [-0.15, -0.1) is 0 Å². The van der Waals surface area contributed by atoms with Crippen molar-refractivity contribution in [3.63, 3.8) is 0 Å². The second-order valence-electron chi connectivity index (χ2n) is 4.66. The first-order chi connectivity index (χ1) is 6.38. The Bertz CT molecular complexity index is 185. The molecule has 1 N–H and O–H groups in total. The van der Waals surface area contributed by atoms with Crippen LogP contribution in [0.25, 0.3) is 0 Å². The van der Waals surface area contributed by atoms with Crippen molar-refractivity contribution in [1.82, 2.24) is 0 Å². The fourth-order valence-electron chi connectivity index (χ4n) is 1.78. The third-order valence-electron chi connectivity index (χ3n) is 3.22. The van der Waals surface area contributed by atoms with Gasteiger partial charge in [-0.05, 0) is 13.8 Å². The first kappa shape index (κ1) is 14.2. The molecule has 86 valence electrons. The van der Waals surface area contributed by atoms with Gasteiger partial charge in [-0.2, -0.15) is 0 Å². The van der Waals surface area contributed by atoms with Gasteiger partial charge in [0.2, 0.25) is 0 Å². The van der Waals surface area contributed by atoms with Gasteiger partial charge in [0, 0.05) is 11.3 Å². The molecule has 0 aliphatic rings. The van der Waals surface area contributed by atoms with E-state index in [1.807, 2.05) is 0 Å². The summed E-state index contributed by atoms with van der Waals surface area (Å²) in [5.41, 5.74) is 0.659. The van der Waals surface area contributed by atoms with Crippen molar-refractivity contribution in [1.29, 1.82) is 0 Å². The highest BCUT2D eigenvalue weighted by molar-refractivity contribution is 7.65. The maximum atomic E-state index is 12.7. The van der Waals surface area contributed by atoms with Crippen LogP contribution in [0.5, 0.6) is 0 Å². The molecule has 0 unspecified atom stereocenters. The molecule has 0 aliphatic heterocycles. The van der Waals surface area contributed by atoms with Crippen LogP contribution in [0.1, 0.15) is 41.5 Å². The summed E-state index contributed by atoms with van der Waals surface area (Å²) in [6.07, 6.45) is 0.870. The van der Waals surface area contributed by atoms with E-state index in [1.165, 1.54) is 4.90 Å². The molecule has 0 radical (unpaired) electrons. The molecule has 0 spiro atoms. The van der Waals surface area contributed by atoms with E-state index >= 15 is 0 Å². The van der Waals surface area contributed by atoms with Gasteiger partial charge in [-0.1, -0.05) is 27.7 Å². The lowest BCUT2D eigenvalue weighted by Crippen LogP contribution is -3.11. The smallest absolute Gasteiger partial charge is 0.144 e. The van der Waals surface area contributed by atoms with Gasteiger partial charge in [0.15, 0.2) is 0 Å². The number of quaternary nitrogens is 1. The van der Waals surface area contributed by atoms with Gasteiger partial charge in [-0.3, -0.25) is 0 Å². The minimum absolute atomic E-state index is 0.329.